The number of anilines is 1. The molecule has 1 unspecified atom stereocenters. The van der Waals surface area contributed by atoms with Crippen LogP contribution in [0, 0.1) is 11.6 Å². The van der Waals surface area contributed by atoms with E-state index in [9.17, 15) is 28.0 Å². The monoisotopic (exact) mass is 643 g/mol. The summed E-state index contributed by atoms with van der Waals surface area (Å²) in [5.41, 5.74) is -1.36. The first kappa shape index (κ1) is 35.6. The molecule has 0 radical (unpaired) electrons. The van der Waals surface area contributed by atoms with Gasteiger partial charge in [0, 0.05) is 6.20 Å². The predicted octanol–water partition coefficient (Wildman–Crippen LogP) is 4.26. The van der Waals surface area contributed by atoms with Crippen molar-refractivity contribution in [2.24, 2.45) is 0 Å². The van der Waals surface area contributed by atoms with Crippen LogP contribution in [-0.2, 0) is 35.2 Å². The maximum Gasteiger partial charge on any atom is 0.408 e. The maximum absolute atomic E-state index is 14.0. The molecule has 2 atom stereocenters. The SMILES string of the molecule is CCOC(=O)C(c1ccc(F)c(F)c1)n1cnc(NC(=O)[C@@H](COCc2ccccc2)NC(=O)C(C)(C)NC(=O)OC(C)(C)C)c1. The van der Waals surface area contributed by atoms with E-state index < -0.39 is 58.7 Å². The fourth-order valence-electron chi connectivity index (χ4n) is 4.10. The minimum atomic E-state index is -1.49. The van der Waals surface area contributed by atoms with E-state index in [1.54, 1.807) is 27.7 Å². The van der Waals surface area contributed by atoms with Crippen molar-refractivity contribution in [1.82, 2.24) is 20.2 Å². The first-order valence-corrected chi connectivity index (χ1v) is 14.5. The zero-order valence-electron chi connectivity index (χ0n) is 26.6. The summed E-state index contributed by atoms with van der Waals surface area (Å²) in [6.45, 7) is 9.44. The van der Waals surface area contributed by atoms with Crippen LogP contribution in [0.15, 0.2) is 61.1 Å². The molecule has 0 aliphatic rings. The summed E-state index contributed by atoms with van der Waals surface area (Å²) in [5, 5.41) is 7.67. The molecule has 3 N–H and O–H groups in total. The van der Waals surface area contributed by atoms with Crippen molar-refractivity contribution in [3.8, 4) is 0 Å². The third-order valence-electron chi connectivity index (χ3n) is 6.32. The number of rotatable bonds is 13. The van der Waals surface area contributed by atoms with Gasteiger partial charge in [-0.1, -0.05) is 36.4 Å². The van der Waals surface area contributed by atoms with Gasteiger partial charge in [0.15, 0.2) is 23.5 Å². The Morgan fingerprint density at radius 3 is 2.30 bits per heavy atom. The van der Waals surface area contributed by atoms with Crippen molar-refractivity contribution < 1.29 is 42.2 Å². The van der Waals surface area contributed by atoms with Crippen LogP contribution < -0.4 is 16.0 Å². The van der Waals surface area contributed by atoms with E-state index in [1.807, 2.05) is 30.3 Å². The molecule has 0 aliphatic heterocycles. The number of hydrogen-bond donors (Lipinski definition) is 3. The molecule has 248 valence electrons. The predicted molar refractivity (Wildman–Crippen MR) is 163 cm³/mol. The number of imidazole rings is 1. The van der Waals surface area contributed by atoms with Crippen molar-refractivity contribution >= 4 is 29.7 Å². The van der Waals surface area contributed by atoms with Gasteiger partial charge in [0.2, 0.25) is 5.91 Å². The Hall–Kier alpha value is -4.85. The van der Waals surface area contributed by atoms with Crippen molar-refractivity contribution in [1.29, 1.82) is 0 Å². The van der Waals surface area contributed by atoms with E-state index >= 15 is 0 Å². The van der Waals surface area contributed by atoms with Gasteiger partial charge in [0.1, 0.15) is 17.2 Å². The van der Waals surface area contributed by atoms with E-state index in [2.05, 4.69) is 20.9 Å². The number of ether oxygens (including phenoxy) is 3. The number of benzene rings is 2. The fraction of sp³-hybridized carbons (Fsp3) is 0.406. The van der Waals surface area contributed by atoms with E-state index in [0.717, 1.165) is 17.7 Å². The lowest BCUT2D eigenvalue weighted by Gasteiger charge is -2.29. The largest absolute Gasteiger partial charge is 0.464 e. The normalized spacial score (nSPS) is 12.9. The number of amides is 3. The van der Waals surface area contributed by atoms with Gasteiger partial charge >= 0.3 is 12.1 Å². The van der Waals surface area contributed by atoms with Crippen LogP contribution >= 0.6 is 0 Å². The number of carbonyl (C=O) groups is 4. The lowest BCUT2D eigenvalue weighted by Crippen LogP contribution is -2.59. The van der Waals surface area contributed by atoms with Gasteiger partial charge < -0.3 is 34.7 Å². The summed E-state index contributed by atoms with van der Waals surface area (Å²) in [6, 6.07) is 9.67. The molecule has 14 heteroatoms. The summed E-state index contributed by atoms with van der Waals surface area (Å²) in [6.07, 6.45) is 1.70. The van der Waals surface area contributed by atoms with Crippen molar-refractivity contribution in [3.63, 3.8) is 0 Å². The third kappa shape index (κ3) is 10.4. The number of hydrogen-bond acceptors (Lipinski definition) is 8. The Bertz CT molecular complexity index is 1520. The average Bonchev–Trinajstić information content (AvgIpc) is 3.41. The Kier molecular flexibility index (Phi) is 12.0. The summed E-state index contributed by atoms with van der Waals surface area (Å²) in [4.78, 5) is 56.0. The molecular weight excluding hydrogens is 604 g/mol. The number of carbonyl (C=O) groups excluding carboxylic acids is 4. The molecule has 0 saturated carbocycles. The van der Waals surface area contributed by atoms with Crippen molar-refractivity contribution in [3.05, 3.63) is 83.8 Å². The molecule has 0 saturated heterocycles. The Balaban J connectivity index is 1.80. The van der Waals surface area contributed by atoms with Crippen LogP contribution in [0.4, 0.5) is 19.4 Å². The van der Waals surface area contributed by atoms with Crippen LogP contribution in [0.25, 0.3) is 0 Å². The van der Waals surface area contributed by atoms with Crippen LogP contribution in [-0.4, -0.2) is 63.8 Å². The molecule has 46 heavy (non-hydrogen) atoms. The molecule has 0 bridgehead atoms. The smallest absolute Gasteiger partial charge is 0.408 e. The summed E-state index contributed by atoms with van der Waals surface area (Å²) in [5.74, 6) is -4.44. The number of aromatic nitrogens is 2. The lowest BCUT2D eigenvalue weighted by atomic mass is 10.0. The first-order chi connectivity index (χ1) is 21.6. The van der Waals surface area contributed by atoms with Crippen molar-refractivity contribution in [2.75, 3.05) is 18.5 Å². The van der Waals surface area contributed by atoms with Gasteiger partial charge in [-0.3, -0.25) is 9.59 Å². The molecule has 0 spiro atoms. The highest BCUT2D eigenvalue weighted by atomic mass is 19.2. The van der Waals surface area contributed by atoms with E-state index in [4.69, 9.17) is 14.2 Å². The number of alkyl carbamates (subject to hydrolysis) is 1. The minimum Gasteiger partial charge on any atom is -0.464 e. The Morgan fingerprint density at radius 2 is 1.67 bits per heavy atom. The van der Waals surface area contributed by atoms with Crippen LogP contribution in [0.5, 0.6) is 0 Å². The first-order valence-electron chi connectivity index (χ1n) is 14.5. The number of nitrogens with one attached hydrogen (secondary N) is 3. The standard InChI is InChI=1S/C32H39F2N5O7/c1-7-45-28(41)26(21-13-14-22(33)23(34)15-21)39-16-25(35-19-39)37-27(40)24(18-44-17-20-11-9-8-10-12-20)36-29(42)32(5,6)38-30(43)46-31(2,3)4/h8-16,19,24,26H,7,17-18H2,1-6H3,(H,36,42)(H,37,40)(H,38,43)/t24-,26?/m1/s1. The second-order valence-corrected chi connectivity index (χ2v) is 11.8. The highest BCUT2D eigenvalue weighted by molar-refractivity contribution is 5.98. The topological polar surface area (TPSA) is 150 Å². The molecule has 1 heterocycles. The third-order valence-corrected chi connectivity index (χ3v) is 6.32. The van der Waals surface area contributed by atoms with Gasteiger partial charge in [-0.15, -0.1) is 0 Å². The van der Waals surface area contributed by atoms with Crippen LogP contribution in [0.1, 0.15) is 58.7 Å². The summed E-state index contributed by atoms with van der Waals surface area (Å²) >= 11 is 0. The maximum atomic E-state index is 14.0. The average molecular weight is 644 g/mol. The number of esters is 1. The van der Waals surface area contributed by atoms with Gasteiger partial charge in [-0.25, -0.2) is 23.4 Å². The number of halogens is 2. The highest BCUT2D eigenvalue weighted by Crippen LogP contribution is 2.24. The molecule has 3 amide bonds. The molecule has 12 nitrogen and oxygen atoms in total. The van der Waals surface area contributed by atoms with Gasteiger partial charge in [-0.05, 0) is 64.8 Å². The van der Waals surface area contributed by atoms with Gasteiger partial charge in [-0.2, -0.15) is 0 Å². The second kappa shape index (κ2) is 15.4. The molecule has 3 rings (SSSR count). The van der Waals surface area contributed by atoms with Crippen LogP contribution in [0.3, 0.4) is 0 Å². The summed E-state index contributed by atoms with van der Waals surface area (Å²) in [7, 11) is 0. The van der Waals surface area contributed by atoms with E-state index in [1.165, 1.54) is 37.0 Å². The second-order valence-electron chi connectivity index (χ2n) is 11.8. The Labute approximate surface area is 265 Å². The van der Waals surface area contributed by atoms with E-state index in [-0.39, 0.29) is 31.2 Å². The fourth-order valence-corrected chi connectivity index (χ4v) is 4.10. The molecular formula is C32H39F2N5O7. The highest BCUT2D eigenvalue weighted by Gasteiger charge is 2.35. The molecule has 2 aromatic carbocycles. The zero-order chi connectivity index (χ0) is 34.1. The minimum absolute atomic E-state index is 0.0182. The summed E-state index contributed by atoms with van der Waals surface area (Å²) < 4.78 is 45.0. The van der Waals surface area contributed by atoms with Gasteiger partial charge in [0.25, 0.3) is 5.91 Å². The zero-order valence-corrected chi connectivity index (χ0v) is 26.6. The Morgan fingerprint density at radius 1 is 0.978 bits per heavy atom. The van der Waals surface area contributed by atoms with E-state index in [0.29, 0.717) is 0 Å². The van der Waals surface area contributed by atoms with Gasteiger partial charge in [0.05, 0.1) is 26.1 Å². The molecule has 0 fully saturated rings. The number of nitrogens with zero attached hydrogens (tertiary/aromatic N) is 2. The van der Waals surface area contributed by atoms with Crippen molar-refractivity contribution in [2.45, 2.75) is 71.4 Å². The lowest BCUT2D eigenvalue weighted by molar-refractivity contribution is -0.145. The molecule has 3 aromatic rings. The molecule has 0 aliphatic carbocycles. The van der Waals surface area contributed by atoms with Crippen LogP contribution in [0.2, 0.25) is 0 Å². The molecule has 1 aromatic heterocycles. The quantitative estimate of drug-likeness (QED) is 0.234.